The number of nitrogens with one attached hydrogen (secondary N) is 1. The number of anilines is 1. The second-order valence-corrected chi connectivity index (χ2v) is 8.67. The minimum Gasteiger partial charge on any atom is -0.497 e. The molecular formula is C27H26N2O5S. The van der Waals surface area contributed by atoms with Gasteiger partial charge in [0.1, 0.15) is 10.8 Å². The number of aromatic nitrogens is 1. The van der Waals surface area contributed by atoms with Gasteiger partial charge in [-0.15, -0.1) is 11.3 Å². The van der Waals surface area contributed by atoms with Gasteiger partial charge in [0.05, 0.1) is 38.7 Å². The normalized spacial score (nSPS) is 11.0. The van der Waals surface area contributed by atoms with E-state index < -0.39 is 0 Å². The summed E-state index contributed by atoms with van der Waals surface area (Å²) in [7, 11) is 6.21. The van der Waals surface area contributed by atoms with E-state index in [1.54, 1.807) is 36.8 Å². The Morgan fingerprint density at radius 3 is 2.29 bits per heavy atom. The lowest BCUT2D eigenvalue weighted by atomic mass is 10.1. The summed E-state index contributed by atoms with van der Waals surface area (Å²) in [5, 5.41) is 4.13. The van der Waals surface area contributed by atoms with Gasteiger partial charge in [0, 0.05) is 29.1 Å². The molecular weight excluding hydrogens is 464 g/mol. The summed E-state index contributed by atoms with van der Waals surface area (Å²) < 4.78 is 22.4. The monoisotopic (exact) mass is 490 g/mol. The van der Waals surface area contributed by atoms with Crippen molar-refractivity contribution in [2.45, 2.75) is 6.92 Å². The Bertz CT molecular complexity index is 1390. The van der Waals surface area contributed by atoms with E-state index in [9.17, 15) is 4.79 Å². The van der Waals surface area contributed by atoms with Gasteiger partial charge in [-0.2, -0.15) is 0 Å². The number of hydrogen-bond donors (Lipinski definition) is 1. The summed E-state index contributed by atoms with van der Waals surface area (Å²) in [4.78, 5) is 17.5. The quantitative estimate of drug-likeness (QED) is 0.224. The maximum absolute atomic E-state index is 12.7. The third-order valence-electron chi connectivity index (χ3n) is 5.49. The molecule has 1 aromatic heterocycles. The van der Waals surface area contributed by atoms with Crippen molar-refractivity contribution in [2.75, 3.05) is 33.8 Å². The Hall–Kier alpha value is -4.04. The van der Waals surface area contributed by atoms with Crippen molar-refractivity contribution in [3.05, 3.63) is 71.9 Å². The van der Waals surface area contributed by atoms with Crippen LogP contribution in [-0.4, -0.2) is 39.2 Å². The Balaban J connectivity index is 1.50. The van der Waals surface area contributed by atoms with Crippen molar-refractivity contribution in [1.29, 1.82) is 0 Å². The highest BCUT2D eigenvalue weighted by Crippen LogP contribution is 2.38. The van der Waals surface area contributed by atoms with Crippen LogP contribution in [0.5, 0.6) is 23.0 Å². The van der Waals surface area contributed by atoms with Crippen LogP contribution in [0, 0.1) is 6.92 Å². The fraction of sp³-hybridized carbons (Fsp3) is 0.185. The number of hydrogen-bond acceptors (Lipinski definition) is 8. The van der Waals surface area contributed by atoms with Gasteiger partial charge >= 0.3 is 0 Å². The van der Waals surface area contributed by atoms with Crippen molar-refractivity contribution < 1.29 is 23.7 Å². The van der Waals surface area contributed by atoms with E-state index in [1.165, 1.54) is 27.4 Å². The number of fused-ring (bicyclic) bond motifs is 1. The number of allylic oxidation sites excluding steroid dienone is 1. The molecule has 3 aromatic carbocycles. The number of carbonyl (C=O) groups is 1. The van der Waals surface area contributed by atoms with Crippen molar-refractivity contribution in [3.8, 4) is 33.6 Å². The van der Waals surface area contributed by atoms with E-state index in [-0.39, 0.29) is 5.78 Å². The molecule has 8 heteroatoms. The standard InChI is InChI=1S/C27H26N2O5S/c1-16-12-17(27-29-21-9-7-19(31-2)15-25(21)35-27)6-8-20(16)28-11-10-22(30)18-13-23(32-3)26(34-5)24(14-18)33-4/h6-15,28H,1-5H3/b11-10-. The zero-order valence-corrected chi connectivity index (χ0v) is 21.0. The van der Waals surface area contributed by atoms with E-state index in [0.717, 1.165) is 37.8 Å². The van der Waals surface area contributed by atoms with Gasteiger partial charge in [0.15, 0.2) is 17.3 Å². The highest BCUT2D eigenvalue weighted by atomic mass is 32.1. The first-order valence-corrected chi connectivity index (χ1v) is 11.6. The zero-order chi connectivity index (χ0) is 24.9. The molecule has 0 aliphatic carbocycles. The topological polar surface area (TPSA) is 78.9 Å². The average Bonchev–Trinajstić information content (AvgIpc) is 3.31. The van der Waals surface area contributed by atoms with E-state index in [0.29, 0.717) is 22.8 Å². The Morgan fingerprint density at radius 2 is 1.66 bits per heavy atom. The molecule has 0 radical (unpaired) electrons. The van der Waals surface area contributed by atoms with Gasteiger partial charge in [-0.25, -0.2) is 4.98 Å². The summed E-state index contributed by atoms with van der Waals surface area (Å²) in [6.07, 6.45) is 3.09. The lowest BCUT2D eigenvalue weighted by molar-refractivity contribution is 0.104. The van der Waals surface area contributed by atoms with E-state index in [1.807, 2.05) is 37.3 Å². The average molecular weight is 491 g/mol. The second kappa shape index (κ2) is 10.5. The van der Waals surface area contributed by atoms with Crippen LogP contribution in [0.4, 0.5) is 5.69 Å². The molecule has 4 aromatic rings. The molecule has 35 heavy (non-hydrogen) atoms. The molecule has 0 fully saturated rings. The van der Waals surface area contributed by atoms with Crippen LogP contribution in [0.3, 0.4) is 0 Å². The van der Waals surface area contributed by atoms with Crippen molar-refractivity contribution >= 4 is 33.0 Å². The van der Waals surface area contributed by atoms with Crippen LogP contribution in [0.2, 0.25) is 0 Å². The maximum atomic E-state index is 12.7. The number of thiazole rings is 1. The van der Waals surface area contributed by atoms with Crippen LogP contribution in [-0.2, 0) is 0 Å². The molecule has 0 saturated carbocycles. The predicted molar refractivity (Wildman–Crippen MR) is 140 cm³/mol. The van der Waals surface area contributed by atoms with Gasteiger partial charge in [-0.1, -0.05) is 0 Å². The molecule has 0 aliphatic rings. The summed E-state index contributed by atoms with van der Waals surface area (Å²) in [5.41, 5.74) is 4.33. The summed E-state index contributed by atoms with van der Waals surface area (Å²) in [5.74, 6) is 1.91. The van der Waals surface area contributed by atoms with Gasteiger partial charge in [0.2, 0.25) is 5.75 Å². The number of ether oxygens (including phenoxy) is 4. The van der Waals surface area contributed by atoms with E-state index in [2.05, 4.69) is 11.4 Å². The summed E-state index contributed by atoms with van der Waals surface area (Å²) in [6, 6.07) is 15.2. The molecule has 1 heterocycles. The number of benzene rings is 3. The Labute approximate surface area is 207 Å². The lowest BCUT2D eigenvalue weighted by Gasteiger charge is -2.13. The van der Waals surface area contributed by atoms with Crippen LogP contribution in [0.1, 0.15) is 15.9 Å². The van der Waals surface area contributed by atoms with Crippen molar-refractivity contribution in [1.82, 2.24) is 4.98 Å². The molecule has 1 N–H and O–H groups in total. The zero-order valence-electron chi connectivity index (χ0n) is 20.2. The van der Waals surface area contributed by atoms with Crippen LogP contribution in [0.25, 0.3) is 20.8 Å². The van der Waals surface area contributed by atoms with Gasteiger partial charge < -0.3 is 24.3 Å². The van der Waals surface area contributed by atoms with E-state index in [4.69, 9.17) is 23.9 Å². The highest BCUT2D eigenvalue weighted by Gasteiger charge is 2.16. The summed E-state index contributed by atoms with van der Waals surface area (Å²) in [6.45, 7) is 2.01. The minimum absolute atomic E-state index is 0.198. The third-order valence-corrected chi connectivity index (χ3v) is 6.56. The molecule has 0 spiro atoms. The number of ketones is 1. The fourth-order valence-electron chi connectivity index (χ4n) is 3.64. The number of rotatable bonds is 9. The fourth-order valence-corrected chi connectivity index (χ4v) is 4.63. The second-order valence-electron chi connectivity index (χ2n) is 7.64. The number of methoxy groups -OCH3 is 4. The number of aryl methyl sites for hydroxylation is 1. The third kappa shape index (κ3) is 5.07. The molecule has 0 atom stereocenters. The molecule has 180 valence electrons. The van der Waals surface area contributed by atoms with Crippen molar-refractivity contribution in [2.24, 2.45) is 0 Å². The Kier molecular flexibility index (Phi) is 7.22. The SMILES string of the molecule is COc1ccc2nc(-c3ccc(N/C=C\C(=O)c4cc(OC)c(OC)c(OC)c4)c(C)c3)sc2c1. The highest BCUT2D eigenvalue weighted by molar-refractivity contribution is 7.21. The van der Waals surface area contributed by atoms with Gasteiger partial charge in [-0.3, -0.25) is 4.79 Å². The van der Waals surface area contributed by atoms with Gasteiger partial charge in [0.25, 0.3) is 0 Å². The molecule has 7 nitrogen and oxygen atoms in total. The van der Waals surface area contributed by atoms with E-state index >= 15 is 0 Å². The molecule has 0 bridgehead atoms. The van der Waals surface area contributed by atoms with Crippen molar-refractivity contribution in [3.63, 3.8) is 0 Å². The van der Waals surface area contributed by atoms with Crippen LogP contribution in [0.15, 0.2) is 60.8 Å². The smallest absolute Gasteiger partial charge is 0.203 e. The van der Waals surface area contributed by atoms with Crippen LogP contribution >= 0.6 is 11.3 Å². The number of nitrogens with zero attached hydrogens (tertiary/aromatic N) is 1. The largest absolute Gasteiger partial charge is 0.497 e. The summed E-state index contributed by atoms with van der Waals surface area (Å²) >= 11 is 1.62. The minimum atomic E-state index is -0.198. The Morgan fingerprint density at radius 1 is 0.914 bits per heavy atom. The molecule has 0 unspecified atom stereocenters. The van der Waals surface area contributed by atoms with Crippen LogP contribution < -0.4 is 24.3 Å². The molecule has 4 rings (SSSR count). The van der Waals surface area contributed by atoms with Gasteiger partial charge in [-0.05, 0) is 61.0 Å². The molecule has 0 aliphatic heterocycles. The first-order chi connectivity index (χ1) is 17.0. The first-order valence-electron chi connectivity index (χ1n) is 10.8. The first kappa shape index (κ1) is 24.1. The molecule has 0 amide bonds. The molecule has 0 saturated heterocycles. The predicted octanol–water partition coefficient (Wildman–Crippen LogP) is 6.11. The lowest BCUT2D eigenvalue weighted by Crippen LogP contribution is -2.01. The maximum Gasteiger partial charge on any atom is 0.203 e. The number of carbonyl (C=O) groups excluding carboxylic acids is 1.